The van der Waals surface area contributed by atoms with Crippen molar-refractivity contribution in [2.24, 2.45) is 0 Å². The molecule has 0 atom stereocenters. The number of hydrogen-bond acceptors (Lipinski definition) is 4. The molecule has 0 aliphatic rings. The number of carbonyl (C=O) groups excluding carboxylic acids is 1. The first-order valence-electron chi connectivity index (χ1n) is 6.89. The first kappa shape index (κ1) is 14.1. The number of aromatic nitrogens is 3. The van der Waals surface area contributed by atoms with E-state index in [2.05, 4.69) is 20.5 Å². The maximum atomic E-state index is 12.2. The number of H-pyrrole nitrogens is 1. The Labute approximate surface area is 127 Å². The molecule has 0 bridgehead atoms. The molecular formula is C16H16N4O2. The smallest absolute Gasteiger partial charge is 0.253 e. The Morgan fingerprint density at radius 1 is 1.36 bits per heavy atom. The second-order valence-corrected chi connectivity index (χ2v) is 4.98. The van der Waals surface area contributed by atoms with Gasteiger partial charge in [-0.3, -0.25) is 9.89 Å². The molecule has 2 N–H and O–H groups in total. The summed E-state index contributed by atoms with van der Waals surface area (Å²) < 4.78 is 5.10. The van der Waals surface area contributed by atoms with E-state index in [1.54, 1.807) is 19.4 Å². The number of methoxy groups -OCH3 is 1. The second-order valence-electron chi connectivity index (χ2n) is 4.98. The molecule has 6 heteroatoms. The number of nitrogens with zero attached hydrogens (tertiary/aromatic N) is 2. The average molecular weight is 296 g/mol. The monoisotopic (exact) mass is 296 g/mol. The summed E-state index contributed by atoms with van der Waals surface area (Å²) in [5.74, 6) is 0.360. The van der Waals surface area contributed by atoms with Gasteiger partial charge in [0.15, 0.2) is 0 Å². The lowest BCUT2D eigenvalue weighted by atomic mass is 10.1. The minimum atomic E-state index is -0.168. The number of rotatable bonds is 4. The van der Waals surface area contributed by atoms with Crippen molar-refractivity contribution in [2.75, 3.05) is 7.11 Å². The predicted octanol–water partition coefficient (Wildman–Crippen LogP) is 2.20. The summed E-state index contributed by atoms with van der Waals surface area (Å²) in [6.45, 7) is 2.29. The van der Waals surface area contributed by atoms with Crippen LogP contribution in [0.15, 0.2) is 36.7 Å². The van der Waals surface area contributed by atoms with Gasteiger partial charge in [-0.25, -0.2) is 4.98 Å². The Morgan fingerprint density at radius 3 is 3.00 bits per heavy atom. The molecule has 1 aromatic carbocycles. The number of nitrogens with one attached hydrogen (secondary N) is 2. The molecule has 0 aliphatic heterocycles. The van der Waals surface area contributed by atoms with Gasteiger partial charge in [0.2, 0.25) is 5.88 Å². The van der Waals surface area contributed by atoms with Crippen LogP contribution in [0.5, 0.6) is 5.88 Å². The zero-order valence-corrected chi connectivity index (χ0v) is 12.4. The largest absolute Gasteiger partial charge is 0.481 e. The summed E-state index contributed by atoms with van der Waals surface area (Å²) in [5.41, 5.74) is 3.30. The van der Waals surface area contributed by atoms with Crippen molar-refractivity contribution in [1.29, 1.82) is 0 Å². The molecular weight excluding hydrogens is 280 g/mol. The second kappa shape index (κ2) is 5.85. The normalized spacial score (nSPS) is 10.6. The van der Waals surface area contributed by atoms with Crippen molar-refractivity contribution in [3.8, 4) is 5.88 Å². The highest BCUT2D eigenvalue weighted by atomic mass is 16.5. The maximum Gasteiger partial charge on any atom is 0.253 e. The van der Waals surface area contributed by atoms with Crippen LogP contribution in [0.3, 0.4) is 0 Å². The van der Waals surface area contributed by atoms with Crippen molar-refractivity contribution < 1.29 is 9.53 Å². The molecule has 1 amide bonds. The fourth-order valence-corrected chi connectivity index (χ4v) is 2.36. The number of amides is 1. The van der Waals surface area contributed by atoms with E-state index in [-0.39, 0.29) is 5.91 Å². The SMILES string of the molecule is COc1ncc(C(=O)NCc2cccc3[nH]ncc23)cc1C. The van der Waals surface area contributed by atoms with E-state index in [4.69, 9.17) is 4.74 Å². The van der Waals surface area contributed by atoms with Gasteiger partial charge in [-0.1, -0.05) is 12.1 Å². The van der Waals surface area contributed by atoms with Crippen LogP contribution in [0.4, 0.5) is 0 Å². The Bertz CT molecular complexity index is 826. The topological polar surface area (TPSA) is 79.9 Å². The van der Waals surface area contributed by atoms with Crippen LogP contribution in [0.25, 0.3) is 10.9 Å². The number of benzene rings is 1. The van der Waals surface area contributed by atoms with Crippen molar-refractivity contribution >= 4 is 16.8 Å². The van der Waals surface area contributed by atoms with Crippen LogP contribution in [0.2, 0.25) is 0 Å². The zero-order valence-electron chi connectivity index (χ0n) is 12.4. The average Bonchev–Trinajstić information content (AvgIpc) is 3.01. The summed E-state index contributed by atoms with van der Waals surface area (Å²) in [5, 5.41) is 10.8. The highest BCUT2D eigenvalue weighted by molar-refractivity contribution is 5.94. The van der Waals surface area contributed by atoms with E-state index in [1.807, 2.05) is 25.1 Å². The summed E-state index contributed by atoms with van der Waals surface area (Å²) in [7, 11) is 1.56. The first-order chi connectivity index (χ1) is 10.7. The van der Waals surface area contributed by atoms with Crippen molar-refractivity contribution in [3.05, 3.63) is 53.3 Å². The molecule has 112 valence electrons. The van der Waals surface area contributed by atoms with Crippen molar-refractivity contribution in [1.82, 2.24) is 20.5 Å². The van der Waals surface area contributed by atoms with Crippen LogP contribution in [-0.2, 0) is 6.54 Å². The predicted molar refractivity (Wildman–Crippen MR) is 82.8 cm³/mol. The lowest BCUT2D eigenvalue weighted by molar-refractivity contribution is 0.0950. The minimum Gasteiger partial charge on any atom is -0.481 e. The Hall–Kier alpha value is -2.89. The molecule has 0 fully saturated rings. The van der Waals surface area contributed by atoms with E-state index in [1.165, 1.54) is 6.20 Å². The molecule has 0 unspecified atom stereocenters. The number of aromatic amines is 1. The van der Waals surface area contributed by atoms with Crippen LogP contribution in [-0.4, -0.2) is 28.2 Å². The molecule has 0 aliphatic carbocycles. The molecule has 2 aromatic heterocycles. The number of ether oxygens (including phenoxy) is 1. The molecule has 0 saturated heterocycles. The summed E-state index contributed by atoms with van der Waals surface area (Å²) in [4.78, 5) is 16.3. The highest BCUT2D eigenvalue weighted by Gasteiger charge is 2.10. The van der Waals surface area contributed by atoms with Gasteiger partial charge in [-0.2, -0.15) is 5.10 Å². The lowest BCUT2D eigenvalue weighted by Crippen LogP contribution is -2.23. The number of fused-ring (bicyclic) bond motifs is 1. The van der Waals surface area contributed by atoms with Crippen LogP contribution >= 0.6 is 0 Å². The van der Waals surface area contributed by atoms with Gasteiger partial charge in [0.05, 0.1) is 24.4 Å². The lowest BCUT2D eigenvalue weighted by Gasteiger charge is -2.08. The summed E-state index contributed by atoms with van der Waals surface area (Å²) in [6, 6.07) is 7.61. The summed E-state index contributed by atoms with van der Waals surface area (Å²) in [6.07, 6.45) is 3.27. The standard InChI is InChI=1S/C16H16N4O2/c1-10-6-12(8-18-16(10)22-2)15(21)17-7-11-4-3-5-14-13(11)9-19-20-14/h3-6,8-9H,7H2,1-2H3,(H,17,21)(H,19,20). The van der Waals surface area contributed by atoms with Gasteiger partial charge in [-0.15, -0.1) is 0 Å². The van der Waals surface area contributed by atoms with Gasteiger partial charge in [0.25, 0.3) is 5.91 Å². The quantitative estimate of drug-likeness (QED) is 0.773. The van der Waals surface area contributed by atoms with Crippen molar-refractivity contribution in [3.63, 3.8) is 0 Å². The minimum absolute atomic E-state index is 0.168. The number of aryl methyl sites for hydroxylation is 1. The third-order valence-corrected chi connectivity index (χ3v) is 3.50. The summed E-state index contributed by atoms with van der Waals surface area (Å²) >= 11 is 0. The third-order valence-electron chi connectivity index (χ3n) is 3.50. The Morgan fingerprint density at radius 2 is 2.23 bits per heavy atom. The van der Waals surface area contributed by atoms with Crippen LogP contribution in [0.1, 0.15) is 21.5 Å². The van der Waals surface area contributed by atoms with Gasteiger partial charge in [0, 0.05) is 23.7 Å². The molecule has 2 heterocycles. The van der Waals surface area contributed by atoms with E-state index in [0.717, 1.165) is 22.0 Å². The van der Waals surface area contributed by atoms with Gasteiger partial charge in [-0.05, 0) is 24.6 Å². The molecule has 0 radical (unpaired) electrons. The number of hydrogen-bond donors (Lipinski definition) is 2. The third kappa shape index (κ3) is 2.63. The van der Waals surface area contributed by atoms with E-state index in [0.29, 0.717) is 18.0 Å². The van der Waals surface area contributed by atoms with Crippen molar-refractivity contribution in [2.45, 2.75) is 13.5 Å². The molecule has 0 spiro atoms. The van der Waals surface area contributed by atoms with E-state index >= 15 is 0 Å². The molecule has 22 heavy (non-hydrogen) atoms. The Kier molecular flexibility index (Phi) is 3.74. The fraction of sp³-hybridized carbons (Fsp3) is 0.188. The molecule has 0 saturated carbocycles. The van der Waals surface area contributed by atoms with Crippen LogP contribution in [0, 0.1) is 6.92 Å². The maximum absolute atomic E-state index is 12.2. The number of carbonyl (C=O) groups is 1. The van der Waals surface area contributed by atoms with Crippen LogP contribution < -0.4 is 10.1 Å². The van der Waals surface area contributed by atoms with Gasteiger partial charge >= 0.3 is 0 Å². The molecule has 3 rings (SSSR count). The van der Waals surface area contributed by atoms with Gasteiger partial charge < -0.3 is 10.1 Å². The first-order valence-corrected chi connectivity index (χ1v) is 6.89. The number of pyridine rings is 1. The van der Waals surface area contributed by atoms with E-state index in [9.17, 15) is 4.79 Å². The van der Waals surface area contributed by atoms with E-state index < -0.39 is 0 Å². The highest BCUT2D eigenvalue weighted by Crippen LogP contribution is 2.17. The van der Waals surface area contributed by atoms with Gasteiger partial charge in [0.1, 0.15) is 0 Å². The molecule has 6 nitrogen and oxygen atoms in total. The zero-order chi connectivity index (χ0) is 15.5. The fourth-order valence-electron chi connectivity index (χ4n) is 2.36. The molecule has 3 aromatic rings. The Balaban J connectivity index is 1.75.